The molecule has 7 heteroatoms. The highest BCUT2D eigenvalue weighted by Gasteiger charge is 2.32. The number of anilines is 1. The highest BCUT2D eigenvalue weighted by Crippen LogP contribution is 2.18. The maximum absolute atomic E-state index is 12.1. The van der Waals surface area contributed by atoms with E-state index in [0.29, 0.717) is 18.7 Å². The fourth-order valence-electron chi connectivity index (χ4n) is 2.62. The van der Waals surface area contributed by atoms with Crippen LogP contribution >= 0.6 is 0 Å². The van der Waals surface area contributed by atoms with E-state index in [1.165, 1.54) is 0 Å². The second kappa shape index (κ2) is 7.11. The number of methoxy groups -OCH3 is 1. The Morgan fingerprint density at radius 3 is 2.55 bits per heavy atom. The van der Waals surface area contributed by atoms with Gasteiger partial charge in [-0.2, -0.15) is 0 Å². The molecule has 1 amide bonds. The number of likely N-dealkylation sites (N-methyl/N-ethyl adjacent to an activating group) is 1. The Bertz CT molecular complexity index is 613. The van der Waals surface area contributed by atoms with E-state index in [9.17, 15) is 13.2 Å². The summed E-state index contributed by atoms with van der Waals surface area (Å²) < 4.78 is 28.2. The Hall–Kier alpha value is -1.60. The van der Waals surface area contributed by atoms with E-state index in [-0.39, 0.29) is 30.0 Å². The number of nitrogens with one attached hydrogen (secondary N) is 1. The Morgan fingerprint density at radius 2 is 2.05 bits per heavy atom. The quantitative estimate of drug-likeness (QED) is 0.848. The molecule has 1 atom stereocenters. The maximum Gasteiger partial charge on any atom is 0.238 e. The first kappa shape index (κ1) is 16.8. The molecule has 122 valence electrons. The molecule has 1 N–H and O–H groups in total. The minimum Gasteiger partial charge on any atom is -0.497 e. The predicted molar refractivity (Wildman–Crippen MR) is 85.9 cm³/mol. The van der Waals surface area contributed by atoms with Crippen molar-refractivity contribution in [2.45, 2.75) is 19.4 Å². The van der Waals surface area contributed by atoms with E-state index in [1.54, 1.807) is 31.4 Å². The molecule has 1 aromatic carbocycles. The van der Waals surface area contributed by atoms with Crippen molar-refractivity contribution in [3.05, 3.63) is 24.3 Å². The summed E-state index contributed by atoms with van der Waals surface area (Å²) in [4.78, 5) is 14.0. The van der Waals surface area contributed by atoms with Crippen molar-refractivity contribution in [2.75, 3.05) is 37.0 Å². The maximum atomic E-state index is 12.1. The highest BCUT2D eigenvalue weighted by atomic mass is 32.2. The van der Waals surface area contributed by atoms with Crippen LogP contribution in [0.4, 0.5) is 5.69 Å². The lowest BCUT2D eigenvalue weighted by atomic mass is 10.2. The second-order valence-corrected chi connectivity index (χ2v) is 7.63. The molecule has 1 aromatic rings. The standard InChI is InChI=1S/C15H22N2O4S/c1-3-17(13-8-9-22(19,20)11-13)10-15(18)16-12-4-6-14(21-2)7-5-12/h4-7,13H,3,8-11H2,1-2H3,(H,16,18). The number of hydrogen-bond acceptors (Lipinski definition) is 5. The van der Waals surface area contributed by atoms with Crippen molar-refractivity contribution >= 4 is 21.4 Å². The van der Waals surface area contributed by atoms with Gasteiger partial charge in [-0.05, 0) is 37.2 Å². The Balaban J connectivity index is 1.91. The summed E-state index contributed by atoms with van der Waals surface area (Å²) in [7, 11) is -1.35. The van der Waals surface area contributed by atoms with Gasteiger partial charge in [0, 0.05) is 11.7 Å². The Kier molecular flexibility index (Phi) is 5.42. The first-order valence-electron chi connectivity index (χ1n) is 7.32. The SMILES string of the molecule is CCN(CC(=O)Nc1ccc(OC)cc1)C1CCS(=O)(=O)C1. The normalized spacial score (nSPS) is 20.0. The lowest BCUT2D eigenvalue weighted by Gasteiger charge is -2.25. The fraction of sp³-hybridized carbons (Fsp3) is 0.533. The van der Waals surface area contributed by atoms with Crippen LogP contribution in [-0.4, -0.2) is 57.0 Å². The fourth-order valence-corrected chi connectivity index (χ4v) is 4.38. The number of sulfone groups is 1. The zero-order valence-corrected chi connectivity index (χ0v) is 13.7. The van der Waals surface area contributed by atoms with Gasteiger partial charge in [0.1, 0.15) is 5.75 Å². The zero-order chi connectivity index (χ0) is 16.2. The van der Waals surface area contributed by atoms with Gasteiger partial charge in [0.25, 0.3) is 0 Å². The van der Waals surface area contributed by atoms with E-state index in [0.717, 1.165) is 5.75 Å². The number of rotatable bonds is 6. The molecule has 1 aliphatic heterocycles. The van der Waals surface area contributed by atoms with Gasteiger partial charge >= 0.3 is 0 Å². The van der Waals surface area contributed by atoms with Gasteiger partial charge < -0.3 is 10.1 Å². The molecular formula is C15H22N2O4S. The molecule has 0 spiro atoms. The number of benzene rings is 1. The molecule has 0 saturated carbocycles. The van der Waals surface area contributed by atoms with Crippen LogP contribution in [0.2, 0.25) is 0 Å². The van der Waals surface area contributed by atoms with Crippen LogP contribution in [0.25, 0.3) is 0 Å². The van der Waals surface area contributed by atoms with Crippen molar-refractivity contribution in [2.24, 2.45) is 0 Å². The molecule has 0 aromatic heterocycles. The summed E-state index contributed by atoms with van der Waals surface area (Å²) in [6.45, 7) is 2.78. The van der Waals surface area contributed by atoms with Crippen molar-refractivity contribution in [1.29, 1.82) is 0 Å². The first-order valence-corrected chi connectivity index (χ1v) is 9.14. The molecule has 6 nitrogen and oxygen atoms in total. The molecule has 2 rings (SSSR count). The van der Waals surface area contributed by atoms with E-state index in [2.05, 4.69) is 5.32 Å². The van der Waals surface area contributed by atoms with Crippen molar-refractivity contribution in [3.8, 4) is 5.75 Å². The second-order valence-electron chi connectivity index (χ2n) is 5.40. The van der Waals surface area contributed by atoms with Gasteiger partial charge in [0.15, 0.2) is 9.84 Å². The summed E-state index contributed by atoms with van der Waals surface area (Å²) in [6.07, 6.45) is 0.603. The molecule has 0 aliphatic carbocycles. The highest BCUT2D eigenvalue weighted by molar-refractivity contribution is 7.91. The Labute approximate surface area is 131 Å². The van der Waals surface area contributed by atoms with Gasteiger partial charge in [-0.25, -0.2) is 8.42 Å². The van der Waals surface area contributed by atoms with Crippen LogP contribution in [-0.2, 0) is 14.6 Å². The first-order chi connectivity index (χ1) is 10.4. The lowest BCUT2D eigenvalue weighted by molar-refractivity contribution is -0.117. The number of ether oxygens (including phenoxy) is 1. The van der Waals surface area contributed by atoms with E-state index < -0.39 is 9.84 Å². The van der Waals surface area contributed by atoms with Crippen molar-refractivity contribution in [3.63, 3.8) is 0 Å². The molecule has 1 heterocycles. The Morgan fingerprint density at radius 1 is 1.36 bits per heavy atom. The van der Waals surface area contributed by atoms with Gasteiger partial charge in [0.2, 0.25) is 5.91 Å². The number of nitrogens with zero attached hydrogens (tertiary/aromatic N) is 1. The van der Waals surface area contributed by atoms with Gasteiger partial charge in [-0.1, -0.05) is 6.92 Å². The van der Waals surface area contributed by atoms with Crippen molar-refractivity contribution in [1.82, 2.24) is 4.90 Å². The monoisotopic (exact) mass is 326 g/mol. The summed E-state index contributed by atoms with van der Waals surface area (Å²) in [6, 6.07) is 7.03. The summed E-state index contributed by atoms with van der Waals surface area (Å²) >= 11 is 0. The van der Waals surface area contributed by atoms with Crippen LogP contribution in [0.3, 0.4) is 0 Å². The number of amides is 1. The van der Waals surface area contributed by atoms with Crippen LogP contribution in [0.1, 0.15) is 13.3 Å². The third-order valence-corrected chi connectivity index (χ3v) is 5.60. The van der Waals surface area contributed by atoms with Gasteiger partial charge in [-0.15, -0.1) is 0 Å². The summed E-state index contributed by atoms with van der Waals surface area (Å²) in [5.74, 6) is 0.950. The smallest absolute Gasteiger partial charge is 0.238 e. The largest absolute Gasteiger partial charge is 0.497 e. The van der Waals surface area contributed by atoms with E-state index in [4.69, 9.17) is 4.74 Å². The minimum atomic E-state index is -2.94. The molecule has 1 unspecified atom stereocenters. The van der Waals surface area contributed by atoms with Crippen LogP contribution < -0.4 is 10.1 Å². The topological polar surface area (TPSA) is 75.7 Å². The zero-order valence-electron chi connectivity index (χ0n) is 12.9. The average molecular weight is 326 g/mol. The molecule has 0 bridgehead atoms. The van der Waals surface area contributed by atoms with Crippen LogP contribution in [0, 0.1) is 0 Å². The third kappa shape index (κ3) is 4.45. The number of hydrogen-bond donors (Lipinski definition) is 1. The molecule has 1 fully saturated rings. The van der Waals surface area contributed by atoms with Gasteiger partial charge in [0.05, 0.1) is 25.2 Å². The van der Waals surface area contributed by atoms with E-state index >= 15 is 0 Å². The summed E-state index contributed by atoms with van der Waals surface area (Å²) in [5, 5.41) is 2.82. The lowest BCUT2D eigenvalue weighted by Crippen LogP contribution is -2.41. The minimum absolute atomic E-state index is 0.0587. The molecule has 1 saturated heterocycles. The molecular weight excluding hydrogens is 304 g/mol. The molecule has 22 heavy (non-hydrogen) atoms. The summed E-state index contributed by atoms with van der Waals surface area (Å²) in [5.41, 5.74) is 0.695. The number of carbonyl (C=O) groups is 1. The molecule has 1 aliphatic rings. The van der Waals surface area contributed by atoms with Crippen LogP contribution in [0.15, 0.2) is 24.3 Å². The van der Waals surface area contributed by atoms with Gasteiger partial charge in [-0.3, -0.25) is 9.69 Å². The molecule has 0 radical (unpaired) electrons. The average Bonchev–Trinajstić information content (AvgIpc) is 2.85. The van der Waals surface area contributed by atoms with Crippen LogP contribution in [0.5, 0.6) is 5.75 Å². The van der Waals surface area contributed by atoms with E-state index in [1.807, 2.05) is 11.8 Å². The predicted octanol–water partition coefficient (Wildman–Crippen LogP) is 1.14. The number of carbonyl (C=O) groups excluding carboxylic acids is 1. The third-order valence-electron chi connectivity index (χ3n) is 3.85. The van der Waals surface area contributed by atoms with Crippen molar-refractivity contribution < 1.29 is 17.9 Å².